The third-order valence-corrected chi connectivity index (χ3v) is 3.26. The molecule has 0 aliphatic carbocycles. The van der Waals surface area contributed by atoms with Crippen LogP contribution in [0.4, 0.5) is 11.4 Å². The van der Waals surface area contributed by atoms with Crippen molar-refractivity contribution in [1.82, 2.24) is 10.1 Å². The van der Waals surface area contributed by atoms with Crippen LogP contribution in [0, 0.1) is 0 Å². The predicted octanol–water partition coefficient (Wildman–Crippen LogP) is 3.05. The highest BCUT2D eigenvalue weighted by Gasteiger charge is 2.12. The van der Waals surface area contributed by atoms with Gasteiger partial charge in [0.15, 0.2) is 0 Å². The molecule has 0 fully saturated rings. The zero-order chi connectivity index (χ0) is 14.8. The molecule has 5 nitrogen and oxygen atoms in total. The van der Waals surface area contributed by atoms with Crippen LogP contribution in [0.15, 0.2) is 53.1 Å². The topological polar surface area (TPSA) is 68.2 Å². The van der Waals surface area contributed by atoms with Gasteiger partial charge in [-0.15, -0.1) is 0 Å². The number of nitrogens with zero attached hydrogens (tertiary/aromatic N) is 3. The molecule has 2 N–H and O–H groups in total. The lowest BCUT2D eigenvalue weighted by Gasteiger charge is -2.11. The van der Waals surface area contributed by atoms with Gasteiger partial charge in [0.1, 0.15) is 0 Å². The van der Waals surface area contributed by atoms with E-state index in [1.165, 1.54) is 0 Å². The molecule has 1 aromatic heterocycles. The first-order valence-corrected chi connectivity index (χ1v) is 6.61. The van der Waals surface area contributed by atoms with Gasteiger partial charge < -0.3 is 15.2 Å². The Labute approximate surface area is 123 Å². The number of rotatable bonds is 3. The second kappa shape index (κ2) is 5.28. The van der Waals surface area contributed by atoms with Crippen molar-refractivity contribution in [3.05, 3.63) is 48.5 Å². The highest BCUT2D eigenvalue weighted by molar-refractivity contribution is 5.72. The third kappa shape index (κ3) is 2.58. The first-order chi connectivity index (χ1) is 10.1. The summed E-state index contributed by atoms with van der Waals surface area (Å²) in [6, 6.07) is 15.4. The number of hydrogen-bond donors (Lipinski definition) is 1. The first-order valence-electron chi connectivity index (χ1n) is 6.61. The summed E-state index contributed by atoms with van der Waals surface area (Å²) >= 11 is 0. The zero-order valence-corrected chi connectivity index (χ0v) is 11.9. The maximum Gasteiger partial charge on any atom is 0.258 e. The van der Waals surface area contributed by atoms with Gasteiger partial charge in [-0.1, -0.05) is 17.3 Å². The summed E-state index contributed by atoms with van der Waals surface area (Å²) in [5.41, 5.74) is 9.33. The fraction of sp³-hybridized carbons (Fsp3) is 0.125. The van der Waals surface area contributed by atoms with Crippen LogP contribution in [0.3, 0.4) is 0 Å². The highest BCUT2D eigenvalue weighted by Crippen LogP contribution is 2.26. The summed E-state index contributed by atoms with van der Waals surface area (Å²) in [6.07, 6.45) is 0. The van der Waals surface area contributed by atoms with Crippen molar-refractivity contribution in [3.63, 3.8) is 0 Å². The van der Waals surface area contributed by atoms with E-state index < -0.39 is 0 Å². The Hall–Kier alpha value is -2.82. The summed E-state index contributed by atoms with van der Waals surface area (Å²) in [7, 11) is 4.00. The number of anilines is 2. The molecule has 0 atom stereocenters. The molecule has 0 spiro atoms. The van der Waals surface area contributed by atoms with Crippen molar-refractivity contribution in [2.45, 2.75) is 0 Å². The van der Waals surface area contributed by atoms with Crippen LogP contribution in [0.25, 0.3) is 22.8 Å². The average molecular weight is 280 g/mol. The van der Waals surface area contributed by atoms with Crippen molar-refractivity contribution in [2.24, 2.45) is 0 Å². The molecule has 5 heteroatoms. The maximum absolute atomic E-state index is 5.93. The lowest BCUT2D eigenvalue weighted by Crippen LogP contribution is -2.07. The SMILES string of the molecule is CN(C)c1ccc(-c2nc(-c3ccccc3N)no2)cc1. The van der Waals surface area contributed by atoms with Crippen LogP contribution < -0.4 is 10.6 Å². The van der Waals surface area contributed by atoms with E-state index in [2.05, 4.69) is 10.1 Å². The fourth-order valence-corrected chi connectivity index (χ4v) is 2.05. The number of nitrogens with two attached hydrogens (primary N) is 1. The molecule has 0 radical (unpaired) electrons. The molecule has 21 heavy (non-hydrogen) atoms. The standard InChI is InChI=1S/C16H16N4O/c1-20(2)12-9-7-11(8-10-12)16-18-15(19-21-16)13-5-3-4-6-14(13)17/h3-10H,17H2,1-2H3. The molecular formula is C16H16N4O. The average Bonchev–Trinajstić information content (AvgIpc) is 2.97. The van der Waals surface area contributed by atoms with E-state index in [1.54, 1.807) is 0 Å². The highest BCUT2D eigenvalue weighted by atomic mass is 16.5. The van der Waals surface area contributed by atoms with Gasteiger partial charge in [0.05, 0.1) is 0 Å². The minimum Gasteiger partial charge on any atom is -0.398 e. The minimum absolute atomic E-state index is 0.485. The van der Waals surface area contributed by atoms with Gasteiger partial charge in [0, 0.05) is 36.6 Å². The number of nitrogen functional groups attached to an aromatic ring is 1. The monoisotopic (exact) mass is 280 g/mol. The van der Waals surface area contributed by atoms with E-state index in [0.717, 1.165) is 16.8 Å². The second-order valence-electron chi connectivity index (χ2n) is 4.95. The Bertz CT molecular complexity index is 747. The van der Waals surface area contributed by atoms with Crippen molar-refractivity contribution < 1.29 is 4.52 Å². The van der Waals surface area contributed by atoms with Crippen LogP contribution in [-0.2, 0) is 0 Å². The summed E-state index contributed by atoms with van der Waals surface area (Å²) in [5.74, 6) is 0.985. The first kappa shape index (κ1) is 13.2. The van der Waals surface area contributed by atoms with Gasteiger partial charge in [0.2, 0.25) is 5.82 Å². The molecule has 0 saturated carbocycles. The summed E-state index contributed by atoms with van der Waals surface area (Å²) in [6.45, 7) is 0. The van der Waals surface area contributed by atoms with E-state index >= 15 is 0 Å². The van der Waals surface area contributed by atoms with Gasteiger partial charge >= 0.3 is 0 Å². The van der Waals surface area contributed by atoms with E-state index in [1.807, 2.05) is 67.5 Å². The Morgan fingerprint density at radius 2 is 1.71 bits per heavy atom. The quantitative estimate of drug-likeness (QED) is 0.747. The van der Waals surface area contributed by atoms with Crippen LogP contribution in [0.5, 0.6) is 0 Å². The molecule has 2 aromatic carbocycles. The molecule has 0 aliphatic heterocycles. The summed E-state index contributed by atoms with van der Waals surface area (Å²) in [5, 5.41) is 4.00. The largest absolute Gasteiger partial charge is 0.398 e. The van der Waals surface area contributed by atoms with Gasteiger partial charge in [-0.3, -0.25) is 0 Å². The molecule has 3 aromatic rings. The van der Waals surface area contributed by atoms with Crippen LogP contribution in [0.2, 0.25) is 0 Å². The van der Waals surface area contributed by atoms with Crippen molar-refractivity contribution in [1.29, 1.82) is 0 Å². The summed E-state index contributed by atoms with van der Waals surface area (Å²) in [4.78, 5) is 6.45. The zero-order valence-electron chi connectivity index (χ0n) is 11.9. The van der Waals surface area contributed by atoms with Crippen LogP contribution in [-0.4, -0.2) is 24.2 Å². The van der Waals surface area contributed by atoms with Gasteiger partial charge in [-0.25, -0.2) is 0 Å². The molecule has 0 unspecified atom stereocenters. The van der Waals surface area contributed by atoms with E-state index in [0.29, 0.717) is 17.4 Å². The van der Waals surface area contributed by atoms with E-state index in [4.69, 9.17) is 10.3 Å². The molecule has 1 heterocycles. The van der Waals surface area contributed by atoms with Crippen LogP contribution >= 0.6 is 0 Å². The number of aromatic nitrogens is 2. The van der Waals surface area contributed by atoms with E-state index in [9.17, 15) is 0 Å². The smallest absolute Gasteiger partial charge is 0.258 e. The Kier molecular flexibility index (Phi) is 3.31. The number of benzene rings is 2. The number of hydrogen-bond acceptors (Lipinski definition) is 5. The van der Waals surface area contributed by atoms with Crippen LogP contribution in [0.1, 0.15) is 0 Å². The number of para-hydroxylation sites is 1. The third-order valence-electron chi connectivity index (χ3n) is 3.26. The van der Waals surface area contributed by atoms with Crippen molar-refractivity contribution >= 4 is 11.4 Å². The molecule has 0 aliphatic rings. The lowest BCUT2D eigenvalue weighted by molar-refractivity contribution is 0.432. The fourth-order valence-electron chi connectivity index (χ4n) is 2.05. The van der Waals surface area contributed by atoms with Gasteiger partial charge in [-0.2, -0.15) is 4.98 Å². The predicted molar refractivity (Wildman–Crippen MR) is 83.9 cm³/mol. The molecule has 0 amide bonds. The molecular weight excluding hydrogens is 264 g/mol. The molecule has 0 saturated heterocycles. The maximum atomic E-state index is 5.93. The Balaban J connectivity index is 1.93. The van der Waals surface area contributed by atoms with Crippen molar-refractivity contribution in [3.8, 4) is 22.8 Å². The summed E-state index contributed by atoms with van der Waals surface area (Å²) < 4.78 is 5.33. The molecule has 0 bridgehead atoms. The minimum atomic E-state index is 0.485. The normalized spacial score (nSPS) is 10.6. The Morgan fingerprint density at radius 1 is 1.00 bits per heavy atom. The second-order valence-corrected chi connectivity index (χ2v) is 4.95. The van der Waals surface area contributed by atoms with E-state index in [-0.39, 0.29) is 0 Å². The van der Waals surface area contributed by atoms with Crippen molar-refractivity contribution in [2.75, 3.05) is 24.7 Å². The van der Waals surface area contributed by atoms with Gasteiger partial charge in [-0.05, 0) is 36.4 Å². The lowest BCUT2D eigenvalue weighted by atomic mass is 10.1. The van der Waals surface area contributed by atoms with Gasteiger partial charge in [0.25, 0.3) is 5.89 Å². The molecule has 106 valence electrons. The Morgan fingerprint density at radius 3 is 2.38 bits per heavy atom. The molecule has 3 rings (SSSR count).